The minimum Gasteiger partial charge on any atom is -0.377 e. The van der Waals surface area contributed by atoms with Gasteiger partial charge in [-0.15, -0.1) is 0 Å². The van der Waals surface area contributed by atoms with Crippen LogP contribution in [0.4, 0.5) is 5.69 Å². The van der Waals surface area contributed by atoms with Gasteiger partial charge in [-0.05, 0) is 32.0 Å². The van der Waals surface area contributed by atoms with E-state index in [-0.39, 0.29) is 12.0 Å². The SMILES string of the molecule is CC(C)OCCN1C(=O)[C@@H](NC(=O)c2cc3ccccc3[nH]2)N=C(c2ccccc2)c2ccccc21. The number of H-pyrrole nitrogens is 1. The molecule has 0 fully saturated rings. The van der Waals surface area contributed by atoms with Crippen molar-refractivity contribution in [3.63, 3.8) is 0 Å². The van der Waals surface area contributed by atoms with Crippen LogP contribution in [0.3, 0.4) is 0 Å². The third kappa shape index (κ3) is 4.78. The van der Waals surface area contributed by atoms with Crippen molar-refractivity contribution in [3.8, 4) is 0 Å². The summed E-state index contributed by atoms with van der Waals surface area (Å²) in [5, 5.41) is 3.78. The van der Waals surface area contributed by atoms with E-state index in [1.807, 2.05) is 92.7 Å². The summed E-state index contributed by atoms with van der Waals surface area (Å²) >= 11 is 0. The molecule has 5 rings (SSSR count). The molecule has 4 aromatic rings. The highest BCUT2D eigenvalue weighted by atomic mass is 16.5. The molecule has 7 nitrogen and oxygen atoms in total. The number of aromatic amines is 1. The van der Waals surface area contributed by atoms with Gasteiger partial charge in [0.2, 0.25) is 6.17 Å². The van der Waals surface area contributed by atoms with Crippen molar-refractivity contribution < 1.29 is 14.3 Å². The van der Waals surface area contributed by atoms with Crippen LogP contribution in [-0.4, -0.2) is 47.9 Å². The standard InChI is InChI=1S/C29H28N4O3/c1-19(2)36-17-16-33-25-15-9-7-13-22(25)26(20-10-4-3-5-11-20)31-27(29(33)35)32-28(34)24-18-21-12-6-8-14-23(21)30-24/h3-15,18-19,27,30H,16-17H2,1-2H3,(H,32,34)/t27-/m1/s1. The maximum absolute atomic E-state index is 13.8. The third-order valence-corrected chi connectivity index (χ3v) is 6.06. The molecule has 3 aromatic carbocycles. The number of fused-ring (bicyclic) bond motifs is 2. The Labute approximate surface area is 209 Å². The van der Waals surface area contributed by atoms with Gasteiger partial charge in [-0.2, -0.15) is 0 Å². The molecule has 0 saturated heterocycles. The highest BCUT2D eigenvalue weighted by Crippen LogP contribution is 2.28. The van der Waals surface area contributed by atoms with E-state index in [2.05, 4.69) is 10.3 Å². The first-order valence-electron chi connectivity index (χ1n) is 12.1. The molecule has 182 valence electrons. The van der Waals surface area contributed by atoms with Gasteiger partial charge in [0.15, 0.2) is 0 Å². The van der Waals surface area contributed by atoms with Crippen molar-refractivity contribution in [3.05, 3.63) is 102 Å². The van der Waals surface area contributed by atoms with Crippen molar-refractivity contribution in [2.24, 2.45) is 4.99 Å². The molecule has 36 heavy (non-hydrogen) atoms. The average molecular weight is 481 g/mol. The Morgan fingerprint density at radius 1 is 1.03 bits per heavy atom. The molecule has 0 bridgehead atoms. The molecule has 1 aromatic heterocycles. The first kappa shape index (κ1) is 23.5. The Bertz CT molecular complexity index is 1390. The number of para-hydroxylation sites is 2. The van der Waals surface area contributed by atoms with Gasteiger partial charge in [0.05, 0.1) is 24.1 Å². The number of aromatic nitrogens is 1. The van der Waals surface area contributed by atoms with Crippen molar-refractivity contribution in [1.82, 2.24) is 10.3 Å². The molecule has 2 heterocycles. The van der Waals surface area contributed by atoms with E-state index >= 15 is 0 Å². The number of carbonyl (C=O) groups is 2. The van der Waals surface area contributed by atoms with Crippen molar-refractivity contribution in [1.29, 1.82) is 0 Å². The molecule has 2 amide bonds. The van der Waals surface area contributed by atoms with E-state index in [1.54, 1.807) is 11.0 Å². The minimum atomic E-state index is -1.11. The van der Waals surface area contributed by atoms with E-state index < -0.39 is 12.1 Å². The van der Waals surface area contributed by atoms with E-state index in [0.29, 0.717) is 24.6 Å². The second-order valence-corrected chi connectivity index (χ2v) is 8.92. The molecule has 1 atom stereocenters. The number of rotatable bonds is 7. The Kier molecular flexibility index (Phi) is 6.64. The summed E-state index contributed by atoms with van der Waals surface area (Å²) in [6.45, 7) is 4.61. The zero-order valence-corrected chi connectivity index (χ0v) is 20.3. The van der Waals surface area contributed by atoms with Gasteiger partial charge in [0.1, 0.15) is 5.69 Å². The molecule has 0 unspecified atom stereocenters. The monoisotopic (exact) mass is 480 g/mol. The number of carbonyl (C=O) groups excluding carboxylic acids is 2. The first-order chi connectivity index (χ1) is 17.5. The van der Waals surface area contributed by atoms with Gasteiger partial charge in [-0.1, -0.05) is 66.7 Å². The predicted octanol–water partition coefficient (Wildman–Crippen LogP) is 4.53. The molecule has 1 aliphatic heterocycles. The summed E-state index contributed by atoms with van der Waals surface area (Å²) in [6, 6.07) is 26.8. The Balaban J connectivity index is 1.54. The molecule has 0 saturated carbocycles. The number of nitrogens with zero attached hydrogens (tertiary/aromatic N) is 2. The van der Waals surface area contributed by atoms with E-state index in [4.69, 9.17) is 9.73 Å². The number of hydrogen-bond donors (Lipinski definition) is 2. The van der Waals surface area contributed by atoms with Crippen molar-refractivity contribution >= 4 is 34.1 Å². The van der Waals surface area contributed by atoms with Gasteiger partial charge in [-0.3, -0.25) is 9.59 Å². The zero-order chi connectivity index (χ0) is 25.1. The minimum absolute atomic E-state index is 0.0379. The summed E-state index contributed by atoms with van der Waals surface area (Å²) < 4.78 is 5.76. The molecule has 1 aliphatic rings. The molecule has 0 radical (unpaired) electrons. The summed E-state index contributed by atoms with van der Waals surface area (Å²) in [7, 11) is 0. The van der Waals surface area contributed by atoms with E-state index in [1.165, 1.54) is 0 Å². The van der Waals surface area contributed by atoms with Crippen LogP contribution in [0.25, 0.3) is 10.9 Å². The number of nitrogens with one attached hydrogen (secondary N) is 2. The molecule has 0 aliphatic carbocycles. The van der Waals surface area contributed by atoms with Crippen LogP contribution in [0, 0.1) is 0 Å². The van der Waals surface area contributed by atoms with Crippen molar-refractivity contribution in [2.45, 2.75) is 26.1 Å². The normalized spacial score (nSPS) is 15.5. The number of amides is 2. The second kappa shape index (κ2) is 10.2. The number of ether oxygens (including phenoxy) is 1. The topological polar surface area (TPSA) is 86.8 Å². The molecule has 0 spiro atoms. The maximum atomic E-state index is 13.8. The lowest BCUT2D eigenvalue weighted by Crippen LogP contribution is -2.48. The van der Waals surface area contributed by atoms with Crippen LogP contribution in [0.2, 0.25) is 0 Å². The third-order valence-electron chi connectivity index (χ3n) is 6.06. The number of anilines is 1. The predicted molar refractivity (Wildman–Crippen MR) is 142 cm³/mol. The Morgan fingerprint density at radius 2 is 1.75 bits per heavy atom. The lowest BCUT2D eigenvalue weighted by molar-refractivity contribution is -0.120. The highest BCUT2D eigenvalue weighted by molar-refractivity contribution is 6.20. The van der Waals surface area contributed by atoms with Crippen LogP contribution < -0.4 is 10.2 Å². The summed E-state index contributed by atoms with van der Waals surface area (Å²) in [4.78, 5) is 36.7. The summed E-state index contributed by atoms with van der Waals surface area (Å²) in [5.74, 6) is -0.713. The van der Waals surface area contributed by atoms with Gasteiger partial charge in [-0.25, -0.2) is 4.99 Å². The van der Waals surface area contributed by atoms with Crippen LogP contribution in [0.5, 0.6) is 0 Å². The Morgan fingerprint density at radius 3 is 2.53 bits per heavy atom. The van der Waals surface area contributed by atoms with Gasteiger partial charge < -0.3 is 19.9 Å². The van der Waals surface area contributed by atoms with Crippen LogP contribution in [-0.2, 0) is 9.53 Å². The number of benzodiazepines with no additional fused rings is 1. The number of hydrogen-bond acceptors (Lipinski definition) is 4. The molecule has 2 N–H and O–H groups in total. The van der Waals surface area contributed by atoms with Crippen molar-refractivity contribution in [2.75, 3.05) is 18.1 Å². The quantitative estimate of drug-likeness (QED) is 0.407. The highest BCUT2D eigenvalue weighted by Gasteiger charge is 2.33. The second-order valence-electron chi connectivity index (χ2n) is 8.92. The largest absolute Gasteiger partial charge is 0.377 e. The maximum Gasteiger partial charge on any atom is 0.272 e. The fourth-order valence-electron chi connectivity index (χ4n) is 4.36. The molecule has 7 heteroatoms. The summed E-state index contributed by atoms with van der Waals surface area (Å²) in [5.41, 5.74) is 4.29. The van der Waals surface area contributed by atoms with Gasteiger partial charge >= 0.3 is 0 Å². The van der Waals surface area contributed by atoms with Gasteiger partial charge in [0.25, 0.3) is 11.8 Å². The Hall–Kier alpha value is -4.23. The van der Waals surface area contributed by atoms with Crippen LogP contribution >= 0.6 is 0 Å². The van der Waals surface area contributed by atoms with Gasteiger partial charge in [0, 0.05) is 28.6 Å². The fourth-order valence-corrected chi connectivity index (χ4v) is 4.36. The number of aliphatic imine (C=N–C) groups is 1. The van der Waals surface area contributed by atoms with E-state index in [9.17, 15) is 9.59 Å². The average Bonchev–Trinajstić information content (AvgIpc) is 3.29. The van der Waals surface area contributed by atoms with E-state index in [0.717, 1.165) is 27.7 Å². The molecular weight excluding hydrogens is 452 g/mol. The summed E-state index contributed by atoms with van der Waals surface area (Å²) in [6.07, 6.45) is -1.07. The first-order valence-corrected chi connectivity index (χ1v) is 12.1. The fraction of sp³-hybridized carbons (Fsp3) is 0.207. The number of benzene rings is 3. The smallest absolute Gasteiger partial charge is 0.272 e. The zero-order valence-electron chi connectivity index (χ0n) is 20.3. The van der Waals surface area contributed by atoms with Crippen LogP contribution in [0.15, 0.2) is 89.9 Å². The lowest BCUT2D eigenvalue weighted by atomic mass is 10.0. The lowest BCUT2D eigenvalue weighted by Gasteiger charge is -2.25. The van der Waals surface area contributed by atoms with Crippen LogP contribution in [0.1, 0.15) is 35.5 Å². The molecular formula is C29H28N4O3.